The van der Waals surface area contributed by atoms with Crippen LogP contribution in [0.2, 0.25) is 0 Å². The van der Waals surface area contributed by atoms with Crippen molar-refractivity contribution >= 4 is 5.97 Å². The fourth-order valence-electron chi connectivity index (χ4n) is 1.26. The van der Waals surface area contributed by atoms with E-state index in [0.717, 1.165) is 18.9 Å². The monoisotopic (exact) mass is 181 g/mol. The van der Waals surface area contributed by atoms with E-state index in [1.54, 1.807) is 0 Å². The normalized spacial score (nSPS) is 13.5. The molecule has 0 bridgehead atoms. The zero-order chi connectivity index (χ0) is 10.3. The zero-order valence-electron chi connectivity index (χ0n) is 8.08. The van der Waals surface area contributed by atoms with Gasteiger partial charge in [-0.1, -0.05) is 26.7 Å². The third-order valence-corrected chi connectivity index (χ3v) is 1.79. The quantitative estimate of drug-likeness (QED) is 0.523. The molecular weight excluding hydrogens is 166 g/mol. The van der Waals surface area contributed by atoms with Crippen LogP contribution in [-0.4, -0.2) is 11.1 Å². The highest BCUT2D eigenvalue weighted by Crippen LogP contribution is 2.15. The van der Waals surface area contributed by atoms with Crippen LogP contribution in [0.1, 0.15) is 33.1 Å². The van der Waals surface area contributed by atoms with Crippen molar-refractivity contribution in [2.75, 3.05) is 0 Å². The number of rotatable bonds is 5. The second kappa shape index (κ2) is 6.24. The molecule has 0 aromatic heterocycles. The van der Waals surface area contributed by atoms with E-state index in [-0.39, 0.29) is 0 Å². The van der Waals surface area contributed by atoms with Gasteiger partial charge in [0.2, 0.25) is 0 Å². The molecule has 0 amide bonds. The molecule has 0 rings (SSSR count). The number of allylic oxidation sites excluding steroid dienone is 1. The summed E-state index contributed by atoms with van der Waals surface area (Å²) in [6.07, 6.45) is 3.65. The summed E-state index contributed by atoms with van der Waals surface area (Å²) in [6, 6.07) is 1.90. The number of aliphatic carboxylic acids is 1. The summed E-state index contributed by atoms with van der Waals surface area (Å²) in [5, 5.41) is 17.0. The van der Waals surface area contributed by atoms with Crippen LogP contribution in [0.25, 0.3) is 0 Å². The Morgan fingerprint density at radius 1 is 1.69 bits per heavy atom. The molecule has 72 valence electrons. The lowest BCUT2D eigenvalue weighted by atomic mass is 9.97. The Morgan fingerprint density at radius 2 is 2.31 bits per heavy atom. The predicted molar refractivity (Wildman–Crippen MR) is 50.0 cm³/mol. The lowest BCUT2D eigenvalue weighted by Gasteiger charge is -2.07. The molecule has 0 fully saturated rings. The molecule has 0 saturated heterocycles. The molecule has 0 radical (unpaired) electrons. The van der Waals surface area contributed by atoms with Crippen molar-refractivity contribution in [1.82, 2.24) is 0 Å². The number of carbonyl (C=O) groups is 1. The van der Waals surface area contributed by atoms with Crippen molar-refractivity contribution < 1.29 is 9.90 Å². The standard InChI is InChI=1S/C10H15NO2/c1-3-4-8(2)5-9(7-11)6-10(12)13/h6,8H,3-5H2,1-2H3,(H,12,13). The second-order valence-corrected chi connectivity index (χ2v) is 3.22. The minimum Gasteiger partial charge on any atom is -0.478 e. The number of carboxylic acid groups (broad SMARTS) is 1. The lowest BCUT2D eigenvalue weighted by molar-refractivity contribution is -0.131. The Hall–Kier alpha value is -1.30. The van der Waals surface area contributed by atoms with Crippen LogP contribution in [0.5, 0.6) is 0 Å². The first-order valence-corrected chi connectivity index (χ1v) is 4.43. The maximum absolute atomic E-state index is 10.3. The summed E-state index contributed by atoms with van der Waals surface area (Å²) in [6.45, 7) is 4.10. The third kappa shape index (κ3) is 5.92. The number of nitrogens with zero attached hydrogens (tertiary/aromatic N) is 1. The van der Waals surface area contributed by atoms with Gasteiger partial charge in [0.25, 0.3) is 0 Å². The van der Waals surface area contributed by atoms with Crippen LogP contribution in [0, 0.1) is 17.2 Å². The van der Waals surface area contributed by atoms with Gasteiger partial charge in [0.1, 0.15) is 0 Å². The average Bonchev–Trinajstić information content (AvgIpc) is 2.02. The molecule has 0 aliphatic carbocycles. The minimum atomic E-state index is -1.04. The van der Waals surface area contributed by atoms with Gasteiger partial charge in [0.15, 0.2) is 0 Å². The fourth-order valence-corrected chi connectivity index (χ4v) is 1.26. The summed E-state index contributed by atoms with van der Waals surface area (Å²) in [7, 11) is 0. The van der Waals surface area contributed by atoms with Crippen molar-refractivity contribution in [3.63, 3.8) is 0 Å². The molecule has 3 heteroatoms. The molecule has 3 nitrogen and oxygen atoms in total. The average molecular weight is 181 g/mol. The Bertz CT molecular complexity index is 238. The highest BCUT2D eigenvalue weighted by atomic mass is 16.4. The predicted octanol–water partition coefficient (Wildman–Crippen LogP) is 2.35. The van der Waals surface area contributed by atoms with E-state index < -0.39 is 5.97 Å². The van der Waals surface area contributed by atoms with Gasteiger partial charge in [-0.15, -0.1) is 0 Å². The summed E-state index contributed by atoms with van der Waals surface area (Å²) >= 11 is 0. The van der Waals surface area contributed by atoms with Crippen molar-refractivity contribution in [3.8, 4) is 6.07 Å². The van der Waals surface area contributed by atoms with Crippen LogP contribution in [0.4, 0.5) is 0 Å². The topological polar surface area (TPSA) is 61.1 Å². The molecule has 1 N–H and O–H groups in total. The molecule has 0 aliphatic rings. The van der Waals surface area contributed by atoms with Gasteiger partial charge in [-0.05, 0) is 12.3 Å². The van der Waals surface area contributed by atoms with E-state index in [9.17, 15) is 4.79 Å². The SMILES string of the molecule is CCCC(C)CC(C#N)=CC(=O)O. The van der Waals surface area contributed by atoms with E-state index in [2.05, 4.69) is 6.92 Å². The van der Waals surface area contributed by atoms with Crippen molar-refractivity contribution in [1.29, 1.82) is 5.26 Å². The summed E-state index contributed by atoms with van der Waals surface area (Å²) in [5.41, 5.74) is 0.355. The maximum Gasteiger partial charge on any atom is 0.329 e. The van der Waals surface area contributed by atoms with Crippen LogP contribution in [-0.2, 0) is 4.79 Å². The van der Waals surface area contributed by atoms with Crippen LogP contribution in [0.3, 0.4) is 0 Å². The van der Waals surface area contributed by atoms with E-state index in [1.165, 1.54) is 0 Å². The Labute approximate surface area is 78.7 Å². The van der Waals surface area contributed by atoms with Gasteiger partial charge in [-0.3, -0.25) is 0 Å². The minimum absolute atomic E-state index is 0.355. The smallest absolute Gasteiger partial charge is 0.329 e. The van der Waals surface area contributed by atoms with Crippen molar-refractivity contribution in [2.45, 2.75) is 33.1 Å². The van der Waals surface area contributed by atoms with Gasteiger partial charge in [-0.2, -0.15) is 5.26 Å². The summed E-state index contributed by atoms with van der Waals surface area (Å²) < 4.78 is 0. The van der Waals surface area contributed by atoms with Crippen molar-refractivity contribution in [2.24, 2.45) is 5.92 Å². The third-order valence-electron chi connectivity index (χ3n) is 1.79. The molecule has 0 aliphatic heterocycles. The fraction of sp³-hybridized carbons (Fsp3) is 0.600. The van der Waals surface area contributed by atoms with Gasteiger partial charge in [0.05, 0.1) is 6.07 Å². The van der Waals surface area contributed by atoms with E-state index >= 15 is 0 Å². The van der Waals surface area contributed by atoms with E-state index in [4.69, 9.17) is 10.4 Å². The van der Waals surface area contributed by atoms with Gasteiger partial charge >= 0.3 is 5.97 Å². The van der Waals surface area contributed by atoms with Crippen LogP contribution >= 0.6 is 0 Å². The second-order valence-electron chi connectivity index (χ2n) is 3.22. The van der Waals surface area contributed by atoms with Gasteiger partial charge < -0.3 is 5.11 Å². The molecule has 0 heterocycles. The Balaban J connectivity index is 4.15. The highest BCUT2D eigenvalue weighted by molar-refractivity contribution is 5.81. The molecule has 0 spiro atoms. The Morgan fingerprint density at radius 3 is 2.69 bits per heavy atom. The largest absolute Gasteiger partial charge is 0.478 e. The van der Waals surface area contributed by atoms with E-state index in [0.29, 0.717) is 17.9 Å². The van der Waals surface area contributed by atoms with Crippen LogP contribution < -0.4 is 0 Å². The molecule has 1 unspecified atom stereocenters. The summed E-state index contributed by atoms with van der Waals surface area (Å²) in [5.74, 6) is -0.657. The lowest BCUT2D eigenvalue weighted by Crippen LogP contribution is -1.98. The van der Waals surface area contributed by atoms with Gasteiger partial charge in [-0.25, -0.2) is 4.79 Å². The van der Waals surface area contributed by atoms with Gasteiger partial charge in [0, 0.05) is 11.6 Å². The summed E-state index contributed by atoms with van der Waals surface area (Å²) in [4.78, 5) is 10.3. The number of carboxylic acids is 1. The Kier molecular flexibility index (Phi) is 5.62. The number of hydrogen-bond acceptors (Lipinski definition) is 2. The van der Waals surface area contributed by atoms with E-state index in [1.807, 2.05) is 13.0 Å². The first-order valence-electron chi connectivity index (χ1n) is 4.43. The molecule has 13 heavy (non-hydrogen) atoms. The number of hydrogen-bond donors (Lipinski definition) is 1. The molecule has 0 aromatic carbocycles. The molecular formula is C10H15NO2. The molecule has 0 aromatic rings. The highest BCUT2D eigenvalue weighted by Gasteiger charge is 2.05. The molecule has 0 saturated carbocycles. The van der Waals surface area contributed by atoms with Crippen LogP contribution in [0.15, 0.2) is 11.6 Å². The first-order chi connectivity index (χ1) is 6.10. The maximum atomic E-state index is 10.3. The first kappa shape index (κ1) is 11.7. The zero-order valence-corrected chi connectivity index (χ0v) is 8.08. The van der Waals surface area contributed by atoms with Crippen molar-refractivity contribution in [3.05, 3.63) is 11.6 Å². The number of nitriles is 1. The molecule has 1 atom stereocenters.